The summed E-state index contributed by atoms with van der Waals surface area (Å²) in [5, 5.41) is 14.5. The minimum absolute atomic E-state index is 0.0271. The molecule has 0 aliphatic carbocycles. The number of pyridine rings is 1. The number of carbonyl (C=O) groups excluding carboxylic acids is 4. The third-order valence-electron chi connectivity index (χ3n) is 7.10. The topological polar surface area (TPSA) is 148 Å². The van der Waals surface area contributed by atoms with Gasteiger partial charge < -0.3 is 29.5 Å². The molecule has 252 valence electrons. The zero-order valence-corrected chi connectivity index (χ0v) is 28.4. The summed E-state index contributed by atoms with van der Waals surface area (Å²) in [5.41, 5.74) is 0.182. The number of anilines is 3. The van der Waals surface area contributed by atoms with Gasteiger partial charge in [-0.05, 0) is 94.3 Å². The van der Waals surface area contributed by atoms with Crippen LogP contribution in [0.25, 0.3) is 10.8 Å². The van der Waals surface area contributed by atoms with E-state index in [0.29, 0.717) is 16.5 Å². The number of aromatic nitrogens is 1. The van der Waals surface area contributed by atoms with Crippen LogP contribution in [0, 0.1) is 0 Å². The van der Waals surface area contributed by atoms with Crippen molar-refractivity contribution >= 4 is 52.0 Å². The Morgan fingerprint density at radius 3 is 2.09 bits per heavy atom. The summed E-state index contributed by atoms with van der Waals surface area (Å²) in [7, 11) is 0. The van der Waals surface area contributed by atoms with E-state index in [-0.39, 0.29) is 30.1 Å². The van der Waals surface area contributed by atoms with Gasteiger partial charge in [-0.1, -0.05) is 32.9 Å². The maximum Gasteiger partial charge on any atom is 0.425 e. The molecule has 12 nitrogen and oxygen atoms in total. The van der Waals surface area contributed by atoms with Crippen molar-refractivity contribution in [3.8, 4) is 0 Å². The smallest absolute Gasteiger partial charge is 0.425 e. The molecule has 2 heterocycles. The molecule has 0 spiro atoms. The monoisotopic (exact) mass is 648 g/mol. The number of benzene rings is 2. The number of nitrogens with one attached hydrogen (secondary N) is 1. The number of hydrogen-bond donors (Lipinski definition) is 2. The second-order valence-corrected chi connectivity index (χ2v) is 14.4. The van der Waals surface area contributed by atoms with E-state index in [1.807, 2.05) is 24.3 Å². The first kappa shape index (κ1) is 35.3. The standard InChI is InChI=1S/C35H44N4O8/c1-33(2,3)22-10-13-24(14-11-22)38-18-19-45-27(30(38)42)26(40)29(41)37-23-12-15-25-21(20-23)16-17-36-28(25)39(31(43)46-34(4,5)6)32(44)47-35(7,8)9/h10-17,20,26-27,40H,18-19H2,1-9H3,(H,37,41)/t26-,27-/m1/s1. The second-order valence-electron chi connectivity index (χ2n) is 14.4. The van der Waals surface area contributed by atoms with Gasteiger partial charge >= 0.3 is 12.2 Å². The van der Waals surface area contributed by atoms with Crippen LogP contribution in [-0.2, 0) is 29.2 Å². The van der Waals surface area contributed by atoms with Crippen molar-refractivity contribution in [1.29, 1.82) is 0 Å². The van der Waals surface area contributed by atoms with Crippen LogP contribution in [0.15, 0.2) is 54.7 Å². The Morgan fingerprint density at radius 1 is 0.936 bits per heavy atom. The molecule has 4 amide bonds. The van der Waals surface area contributed by atoms with E-state index in [0.717, 1.165) is 10.5 Å². The van der Waals surface area contributed by atoms with Gasteiger partial charge in [-0.25, -0.2) is 14.6 Å². The number of hydrogen-bond acceptors (Lipinski definition) is 9. The fourth-order valence-electron chi connectivity index (χ4n) is 4.86. The van der Waals surface area contributed by atoms with Crippen molar-refractivity contribution in [2.24, 2.45) is 0 Å². The zero-order chi connectivity index (χ0) is 34.9. The Hall–Kier alpha value is -4.55. The minimum atomic E-state index is -1.79. The number of rotatable bonds is 5. The average Bonchev–Trinajstić information content (AvgIpc) is 2.95. The Morgan fingerprint density at radius 2 is 1.53 bits per heavy atom. The van der Waals surface area contributed by atoms with E-state index in [1.54, 1.807) is 59.7 Å². The van der Waals surface area contributed by atoms with Gasteiger partial charge in [0.15, 0.2) is 18.0 Å². The molecule has 2 aromatic carbocycles. The summed E-state index contributed by atoms with van der Waals surface area (Å²) >= 11 is 0. The molecular formula is C35H44N4O8. The van der Waals surface area contributed by atoms with E-state index in [9.17, 15) is 24.3 Å². The van der Waals surface area contributed by atoms with Gasteiger partial charge in [-0.15, -0.1) is 0 Å². The van der Waals surface area contributed by atoms with Crippen molar-refractivity contribution in [1.82, 2.24) is 4.98 Å². The first-order valence-electron chi connectivity index (χ1n) is 15.4. The van der Waals surface area contributed by atoms with Crippen LogP contribution in [0.5, 0.6) is 0 Å². The summed E-state index contributed by atoms with van der Waals surface area (Å²) in [6.45, 7) is 16.7. The maximum atomic E-state index is 13.3. The highest BCUT2D eigenvalue weighted by molar-refractivity contribution is 6.14. The van der Waals surface area contributed by atoms with Crippen LogP contribution in [0.4, 0.5) is 26.8 Å². The van der Waals surface area contributed by atoms with Gasteiger partial charge in [0, 0.05) is 29.5 Å². The van der Waals surface area contributed by atoms with E-state index < -0.39 is 47.4 Å². The molecule has 2 N–H and O–H groups in total. The predicted molar refractivity (Wildman–Crippen MR) is 179 cm³/mol. The Balaban J connectivity index is 1.55. The normalized spacial score (nSPS) is 16.4. The highest BCUT2D eigenvalue weighted by atomic mass is 16.6. The van der Waals surface area contributed by atoms with Gasteiger partial charge in [0.05, 0.1) is 6.61 Å². The summed E-state index contributed by atoms with van der Waals surface area (Å²) in [5.74, 6) is -1.40. The predicted octanol–water partition coefficient (Wildman–Crippen LogP) is 5.94. The number of morpholine rings is 1. The van der Waals surface area contributed by atoms with Crippen molar-refractivity contribution in [2.45, 2.75) is 91.1 Å². The summed E-state index contributed by atoms with van der Waals surface area (Å²) < 4.78 is 16.5. The SMILES string of the molecule is CC(C)(C)OC(=O)N(C(=O)OC(C)(C)C)c1nccc2cc(NC(=O)[C@H](O)[C@H]3OCCN(c4ccc(C(C)(C)C)cc4)C3=O)ccc12. The quantitative estimate of drug-likeness (QED) is 0.343. The lowest BCUT2D eigenvalue weighted by molar-refractivity contribution is -0.150. The van der Waals surface area contributed by atoms with Crippen molar-refractivity contribution in [3.05, 3.63) is 60.3 Å². The molecular weight excluding hydrogens is 604 g/mol. The van der Waals surface area contributed by atoms with Gasteiger partial charge in [-0.2, -0.15) is 4.90 Å². The van der Waals surface area contributed by atoms with Crippen LogP contribution in [0.1, 0.15) is 67.9 Å². The van der Waals surface area contributed by atoms with E-state index in [4.69, 9.17) is 14.2 Å². The summed E-state index contributed by atoms with van der Waals surface area (Å²) in [6, 6.07) is 13.9. The molecule has 1 aliphatic rings. The largest absolute Gasteiger partial charge is 0.443 e. The molecule has 1 aromatic heterocycles. The number of amides is 4. The number of aliphatic hydroxyl groups is 1. The number of carbonyl (C=O) groups is 4. The van der Waals surface area contributed by atoms with Crippen LogP contribution in [0.2, 0.25) is 0 Å². The number of aliphatic hydroxyl groups excluding tert-OH is 1. The molecule has 1 fully saturated rings. The molecule has 47 heavy (non-hydrogen) atoms. The van der Waals surface area contributed by atoms with Crippen LogP contribution in [-0.4, -0.2) is 70.7 Å². The molecule has 2 atom stereocenters. The second kappa shape index (κ2) is 13.3. The van der Waals surface area contributed by atoms with E-state index >= 15 is 0 Å². The number of ether oxygens (including phenoxy) is 3. The van der Waals surface area contributed by atoms with Crippen LogP contribution in [0.3, 0.4) is 0 Å². The van der Waals surface area contributed by atoms with Gasteiger partial charge in [0.2, 0.25) is 0 Å². The molecule has 3 aromatic rings. The molecule has 1 aliphatic heterocycles. The fraction of sp³-hybridized carbons (Fsp3) is 0.457. The summed E-state index contributed by atoms with van der Waals surface area (Å²) in [4.78, 5) is 59.4. The average molecular weight is 649 g/mol. The molecule has 12 heteroatoms. The van der Waals surface area contributed by atoms with Gasteiger partial charge in [0.25, 0.3) is 11.8 Å². The molecule has 4 rings (SSSR count). The fourth-order valence-corrected chi connectivity index (χ4v) is 4.86. The van der Waals surface area contributed by atoms with Crippen LogP contribution < -0.4 is 15.1 Å². The highest BCUT2D eigenvalue weighted by Crippen LogP contribution is 2.30. The Labute approximate surface area is 275 Å². The lowest BCUT2D eigenvalue weighted by Crippen LogP contribution is -2.55. The first-order chi connectivity index (χ1) is 21.7. The molecule has 0 radical (unpaired) electrons. The Kier molecular flexibility index (Phi) is 9.98. The van der Waals surface area contributed by atoms with Crippen LogP contribution >= 0.6 is 0 Å². The lowest BCUT2D eigenvalue weighted by Gasteiger charge is -2.34. The number of nitrogens with zero attached hydrogens (tertiary/aromatic N) is 3. The first-order valence-corrected chi connectivity index (χ1v) is 15.4. The number of imide groups is 1. The number of fused-ring (bicyclic) bond motifs is 1. The third kappa shape index (κ3) is 8.63. The van der Waals surface area contributed by atoms with E-state index in [2.05, 4.69) is 31.1 Å². The lowest BCUT2D eigenvalue weighted by atomic mass is 9.87. The highest BCUT2D eigenvalue weighted by Gasteiger charge is 2.40. The van der Waals surface area contributed by atoms with Crippen molar-refractivity contribution in [3.63, 3.8) is 0 Å². The zero-order valence-electron chi connectivity index (χ0n) is 28.4. The third-order valence-corrected chi connectivity index (χ3v) is 7.10. The molecule has 0 unspecified atom stereocenters. The van der Waals surface area contributed by atoms with E-state index in [1.165, 1.54) is 17.2 Å². The van der Waals surface area contributed by atoms with Crippen molar-refractivity contribution < 1.29 is 38.5 Å². The van der Waals surface area contributed by atoms with Gasteiger partial charge in [-0.3, -0.25) is 9.59 Å². The molecule has 0 bridgehead atoms. The summed E-state index contributed by atoms with van der Waals surface area (Å²) in [6.07, 6.45) is -3.74. The Bertz CT molecular complexity index is 1620. The molecule has 1 saturated heterocycles. The molecule has 0 saturated carbocycles. The minimum Gasteiger partial charge on any atom is -0.443 e. The van der Waals surface area contributed by atoms with Crippen molar-refractivity contribution in [2.75, 3.05) is 28.3 Å². The maximum absolute atomic E-state index is 13.3. The van der Waals surface area contributed by atoms with Gasteiger partial charge in [0.1, 0.15) is 11.2 Å².